The number of likely N-dealkylation sites (tertiary alicyclic amines) is 1. The molecule has 0 amide bonds. The van der Waals surface area contributed by atoms with Gasteiger partial charge in [0.25, 0.3) is 0 Å². The number of hydrogen-bond acceptors (Lipinski definition) is 4. The van der Waals surface area contributed by atoms with Crippen LogP contribution in [0.2, 0.25) is 5.02 Å². The van der Waals surface area contributed by atoms with Gasteiger partial charge in [0.05, 0.1) is 25.9 Å². The minimum Gasteiger partial charge on any atom is -0.377 e. The minimum absolute atomic E-state index is 0.281. The predicted molar refractivity (Wildman–Crippen MR) is 119 cm³/mol. The summed E-state index contributed by atoms with van der Waals surface area (Å²) >= 11 is 5.98. The minimum atomic E-state index is 0.281. The Bertz CT molecular complexity index is 612. The molecule has 2 fully saturated rings. The van der Waals surface area contributed by atoms with E-state index in [1.54, 1.807) is 0 Å². The molecule has 2 N–H and O–H groups in total. The molecular formula is C22H35ClN4O2. The number of guanidine groups is 1. The number of benzene rings is 1. The predicted octanol–water partition coefficient (Wildman–Crippen LogP) is 3.06. The Morgan fingerprint density at radius 2 is 2.03 bits per heavy atom. The highest BCUT2D eigenvalue weighted by atomic mass is 35.5. The van der Waals surface area contributed by atoms with Crippen LogP contribution in [0.25, 0.3) is 0 Å². The van der Waals surface area contributed by atoms with E-state index in [1.165, 1.54) is 5.56 Å². The van der Waals surface area contributed by atoms with Gasteiger partial charge in [0, 0.05) is 43.9 Å². The average molecular weight is 423 g/mol. The van der Waals surface area contributed by atoms with Crippen molar-refractivity contribution in [3.63, 3.8) is 0 Å². The third-order valence-electron chi connectivity index (χ3n) is 5.43. The lowest BCUT2D eigenvalue weighted by atomic mass is 10.0. The molecule has 0 aliphatic carbocycles. The maximum atomic E-state index is 5.98. The second-order valence-corrected chi connectivity index (χ2v) is 8.23. The summed E-state index contributed by atoms with van der Waals surface area (Å²) in [6, 6.07) is 8.62. The fourth-order valence-electron chi connectivity index (χ4n) is 3.81. The Morgan fingerprint density at radius 3 is 2.72 bits per heavy atom. The molecule has 2 saturated heterocycles. The Kier molecular flexibility index (Phi) is 9.54. The largest absolute Gasteiger partial charge is 0.377 e. The quantitative estimate of drug-likeness (QED) is 0.364. The van der Waals surface area contributed by atoms with E-state index in [0.29, 0.717) is 25.8 Å². The van der Waals surface area contributed by atoms with Crippen molar-refractivity contribution in [1.29, 1.82) is 0 Å². The van der Waals surface area contributed by atoms with E-state index in [2.05, 4.69) is 39.6 Å². The molecule has 3 rings (SSSR count). The van der Waals surface area contributed by atoms with Crippen LogP contribution < -0.4 is 10.6 Å². The molecule has 1 aromatic carbocycles. The Morgan fingerprint density at radius 1 is 1.24 bits per heavy atom. The van der Waals surface area contributed by atoms with Crippen LogP contribution in [-0.4, -0.2) is 69.0 Å². The van der Waals surface area contributed by atoms with Gasteiger partial charge in [0.15, 0.2) is 5.96 Å². The molecule has 0 spiro atoms. The van der Waals surface area contributed by atoms with Gasteiger partial charge in [-0.25, -0.2) is 0 Å². The standard InChI is InChI=1S/C22H35ClN4O2/c1-2-24-22(25-11-15-28-17-21-4-3-14-29-21)26-20-9-12-27(13-10-20)16-18-5-7-19(23)8-6-18/h5-8,20-21H,2-4,9-17H2,1H3,(H2,24,25,26). The summed E-state index contributed by atoms with van der Waals surface area (Å²) in [5, 5.41) is 7.74. The van der Waals surface area contributed by atoms with Gasteiger partial charge in [-0.05, 0) is 50.3 Å². The summed E-state index contributed by atoms with van der Waals surface area (Å²) in [5.74, 6) is 0.893. The number of aliphatic imine (C=N–C) groups is 1. The molecule has 0 aromatic heterocycles. The number of halogens is 1. The summed E-state index contributed by atoms with van der Waals surface area (Å²) in [6.07, 6.45) is 4.79. The number of ether oxygens (including phenoxy) is 2. The van der Waals surface area contributed by atoms with E-state index in [4.69, 9.17) is 21.1 Å². The molecule has 6 nitrogen and oxygen atoms in total. The molecule has 162 valence electrons. The molecule has 0 saturated carbocycles. The van der Waals surface area contributed by atoms with Crippen molar-refractivity contribution in [2.75, 3.05) is 46.0 Å². The van der Waals surface area contributed by atoms with E-state index >= 15 is 0 Å². The summed E-state index contributed by atoms with van der Waals surface area (Å²) in [6.45, 7) is 8.98. The number of nitrogens with one attached hydrogen (secondary N) is 2. The highest BCUT2D eigenvalue weighted by molar-refractivity contribution is 6.30. The van der Waals surface area contributed by atoms with Gasteiger partial charge in [-0.3, -0.25) is 9.89 Å². The van der Waals surface area contributed by atoms with Crippen molar-refractivity contribution in [2.45, 2.75) is 51.3 Å². The Balaban J connectivity index is 1.35. The van der Waals surface area contributed by atoms with E-state index in [-0.39, 0.29) is 6.10 Å². The first kappa shape index (κ1) is 22.3. The van der Waals surface area contributed by atoms with Gasteiger partial charge in [0.2, 0.25) is 0 Å². The first-order chi connectivity index (χ1) is 14.2. The van der Waals surface area contributed by atoms with Gasteiger partial charge in [-0.15, -0.1) is 0 Å². The van der Waals surface area contributed by atoms with Crippen LogP contribution in [0.5, 0.6) is 0 Å². The third kappa shape index (κ3) is 8.13. The summed E-state index contributed by atoms with van der Waals surface area (Å²) in [5.41, 5.74) is 1.32. The van der Waals surface area contributed by atoms with E-state index < -0.39 is 0 Å². The lowest BCUT2D eigenvalue weighted by Gasteiger charge is -2.33. The second kappa shape index (κ2) is 12.4. The zero-order valence-corrected chi connectivity index (χ0v) is 18.3. The zero-order chi connectivity index (χ0) is 20.3. The Hall–Kier alpha value is -1.34. The molecule has 2 aliphatic heterocycles. The van der Waals surface area contributed by atoms with Gasteiger partial charge in [-0.2, -0.15) is 0 Å². The molecule has 29 heavy (non-hydrogen) atoms. The first-order valence-corrected chi connectivity index (χ1v) is 11.3. The molecule has 0 bridgehead atoms. The van der Waals surface area contributed by atoms with Gasteiger partial charge in [-0.1, -0.05) is 23.7 Å². The molecular weight excluding hydrogens is 388 g/mol. The fraction of sp³-hybridized carbons (Fsp3) is 0.682. The maximum absolute atomic E-state index is 5.98. The number of hydrogen-bond donors (Lipinski definition) is 2. The van der Waals surface area contributed by atoms with Gasteiger partial charge >= 0.3 is 0 Å². The van der Waals surface area contributed by atoms with E-state index in [9.17, 15) is 0 Å². The summed E-state index contributed by atoms with van der Waals surface area (Å²) in [4.78, 5) is 7.17. The van der Waals surface area contributed by atoms with Crippen molar-refractivity contribution in [2.24, 2.45) is 4.99 Å². The lowest BCUT2D eigenvalue weighted by Crippen LogP contribution is -2.48. The van der Waals surface area contributed by atoms with Crippen LogP contribution in [-0.2, 0) is 16.0 Å². The number of piperidine rings is 1. The highest BCUT2D eigenvalue weighted by Crippen LogP contribution is 2.16. The number of nitrogens with zero attached hydrogens (tertiary/aromatic N) is 2. The maximum Gasteiger partial charge on any atom is 0.191 e. The normalized spacial score (nSPS) is 21.4. The van der Waals surface area contributed by atoms with Crippen molar-refractivity contribution in [1.82, 2.24) is 15.5 Å². The van der Waals surface area contributed by atoms with Crippen LogP contribution >= 0.6 is 11.6 Å². The van der Waals surface area contributed by atoms with Crippen molar-refractivity contribution in [3.05, 3.63) is 34.9 Å². The summed E-state index contributed by atoms with van der Waals surface area (Å²) in [7, 11) is 0. The van der Waals surface area contributed by atoms with E-state index in [0.717, 1.165) is 69.5 Å². The van der Waals surface area contributed by atoms with Gasteiger partial charge < -0.3 is 20.1 Å². The molecule has 1 aromatic rings. The van der Waals surface area contributed by atoms with Crippen molar-refractivity contribution in [3.8, 4) is 0 Å². The molecule has 1 unspecified atom stereocenters. The first-order valence-electron chi connectivity index (χ1n) is 10.9. The van der Waals surface area contributed by atoms with Crippen LogP contribution in [0, 0.1) is 0 Å². The molecule has 2 aliphatic rings. The van der Waals surface area contributed by atoms with E-state index in [1.807, 2.05) is 12.1 Å². The van der Waals surface area contributed by atoms with Crippen LogP contribution in [0.4, 0.5) is 0 Å². The fourth-order valence-corrected chi connectivity index (χ4v) is 3.94. The smallest absolute Gasteiger partial charge is 0.191 e. The summed E-state index contributed by atoms with van der Waals surface area (Å²) < 4.78 is 11.3. The molecule has 2 heterocycles. The molecule has 0 radical (unpaired) electrons. The van der Waals surface area contributed by atoms with Crippen LogP contribution in [0.15, 0.2) is 29.3 Å². The van der Waals surface area contributed by atoms with Crippen LogP contribution in [0.3, 0.4) is 0 Å². The topological polar surface area (TPSA) is 58.1 Å². The monoisotopic (exact) mass is 422 g/mol. The average Bonchev–Trinajstić information content (AvgIpc) is 3.24. The zero-order valence-electron chi connectivity index (χ0n) is 17.5. The highest BCUT2D eigenvalue weighted by Gasteiger charge is 2.20. The molecule has 1 atom stereocenters. The third-order valence-corrected chi connectivity index (χ3v) is 5.68. The number of rotatable bonds is 9. The van der Waals surface area contributed by atoms with Crippen molar-refractivity contribution >= 4 is 17.6 Å². The molecule has 7 heteroatoms. The second-order valence-electron chi connectivity index (χ2n) is 7.79. The van der Waals surface area contributed by atoms with Crippen molar-refractivity contribution < 1.29 is 9.47 Å². The van der Waals surface area contributed by atoms with Gasteiger partial charge in [0.1, 0.15) is 0 Å². The lowest BCUT2D eigenvalue weighted by molar-refractivity contribution is 0.0200. The SMILES string of the molecule is CCNC(=NCCOCC1CCCO1)NC1CCN(Cc2ccc(Cl)cc2)CC1. The van der Waals surface area contributed by atoms with Crippen LogP contribution in [0.1, 0.15) is 38.2 Å². The Labute approximate surface area is 180 Å².